The number of unbranched alkanes of at least 4 members (excludes halogenated alkanes) is 1. The number of hydrogen-bond donors (Lipinski definition) is 1. The molecular formula is C16H22N2O. The number of nitrogens with two attached hydrogens (primary N) is 1. The van der Waals surface area contributed by atoms with Crippen LogP contribution in [0.15, 0.2) is 47.1 Å². The van der Waals surface area contributed by atoms with Gasteiger partial charge < -0.3 is 15.1 Å². The van der Waals surface area contributed by atoms with E-state index in [1.165, 1.54) is 18.5 Å². The fourth-order valence-corrected chi connectivity index (χ4v) is 2.09. The third kappa shape index (κ3) is 3.86. The number of para-hydroxylation sites is 1. The quantitative estimate of drug-likeness (QED) is 0.826. The van der Waals surface area contributed by atoms with Crippen LogP contribution in [0.5, 0.6) is 0 Å². The molecule has 1 heterocycles. The highest BCUT2D eigenvalue weighted by Crippen LogP contribution is 2.18. The van der Waals surface area contributed by atoms with Crippen LogP contribution in [0.1, 0.15) is 31.1 Å². The lowest BCUT2D eigenvalue weighted by Crippen LogP contribution is -2.23. The molecule has 0 spiro atoms. The Morgan fingerprint density at radius 2 is 2.00 bits per heavy atom. The Hall–Kier alpha value is -1.74. The zero-order valence-electron chi connectivity index (χ0n) is 11.5. The van der Waals surface area contributed by atoms with Gasteiger partial charge in [0, 0.05) is 24.3 Å². The lowest BCUT2D eigenvalue weighted by Gasteiger charge is -2.23. The van der Waals surface area contributed by atoms with Crippen molar-refractivity contribution < 1.29 is 4.42 Å². The Morgan fingerprint density at radius 3 is 2.63 bits per heavy atom. The Labute approximate surface area is 115 Å². The summed E-state index contributed by atoms with van der Waals surface area (Å²) in [5.74, 6) is 0.973. The van der Waals surface area contributed by atoms with Crippen LogP contribution >= 0.6 is 0 Å². The van der Waals surface area contributed by atoms with Crippen LogP contribution in [-0.4, -0.2) is 6.54 Å². The maximum absolute atomic E-state index is 5.61. The maximum atomic E-state index is 5.61. The average Bonchev–Trinajstić information content (AvgIpc) is 2.92. The number of rotatable bonds is 7. The normalized spacial score (nSPS) is 10.6. The van der Waals surface area contributed by atoms with Gasteiger partial charge in [-0.25, -0.2) is 0 Å². The van der Waals surface area contributed by atoms with E-state index in [0.717, 1.165) is 24.4 Å². The molecule has 0 bridgehead atoms. The predicted molar refractivity (Wildman–Crippen MR) is 79.0 cm³/mol. The molecule has 0 saturated carbocycles. The van der Waals surface area contributed by atoms with Crippen molar-refractivity contribution in [1.29, 1.82) is 0 Å². The van der Waals surface area contributed by atoms with Gasteiger partial charge in [0.05, 0.1) is 12.8 Å². The molecule has 1 aromatic carbocycles. The second-order valence-corrected chi connectivity index (χ2v) is 4.74. The number of anilines is 1. The minimum absolute atomic E-state index is 0.532. The monoisotopic (exact) mass is 258 g/mol. The molecule has 102 valence electrons. The molecule has 0 amide bonds. The zero-order chi connectivity index (χ0) is 13.5. The van der Waals surface area contributed by atoms with E-state index in [9.17, 15) is 0 Å². The second kappa shape index (κ2) is 7.00. The second-order valence-electron chi connectivity index (χ2n) is 4.74. The highest BCUT2D eigenvalue weighted by atomic mass is 16.3. The molecule has 0 radical (unpaired) electrons. The van der Waals surface area contributed by atoms with E-state index in [1.54, 1.807) is 6.26 Å². The third-order valence-electron chi connectivity index (χ3n) is 3.19. The molecule has 0 fully saturated rings. The molecule has 3 heteroatoms. The number of hydrogen-bond acceptors (Lipinski definition) is 3. The minimum atomic E-state index is 0.532. The SMILES string of the molecule is CCCCN(Cc1cc(CN)co1)c1ccccc1. The molecule has 3 nitrogen and oxygen atoms in total. The van der Waals surface area contributed by atoms with Crippen molar-refractivity contribution in [2.24, 2.45) is 5.73 Å². The summed E-state index contributed by atoms with van der Waals surface area (Å²) in [4.78, 5) is 2.35. The first-order valence-electron chi connectivity index (χ1n) is 6.90. The molecule has 2 N–H and O–H groups in total. The minimum Gasteiger partial charge on any atom is -0.467 e. The van der Waals surface area contributed by atoms with Crippen LogP contribution in [-0.2, 0) is 13.1 Å². The van der Waals surface area contributed by atoms with Crippen molar-refractivity contribution >= 4 is 5.69 Å². The summed E-state index contributed by atoms with van der Waals surface area (Å²) < 4.78 is 5.57. The lowest BCUT2D eigenvalue weighted by atomic mass is 10.2. The molecule has 0 aliphatic carbocycles. The average molecular weight is 258 g/mol. The van der Waals surface area contributed by atoms with E-state index in [4.69, 9.17) is 10.2 Å². The Bertz CT molecular complexity index is 479. The molecule has 0 aliphatic rings. The first-order chi connectivity index (χ1) is 9.33. The molecule has 0 saturated heterocycles. The zero-order valence-corrected chi connectivity index (χ0v) is 11.5. The van der Waals surface area contributed by atoms with Gasteiger partial charge in [-0.3, -0.25) is 0 Å². The molecule has 2 aromatic rings. The van der Waals surface area contributed by atoms with Crippen LogP contribution in [0.2, 0.25) is 0 Å². The van der Waals surface area contributed by atoms with Crippen molar-refractivity contribution in [3.8, 4) is 0 Å². The van der Waals surface area contributed by atoms with Crippen molar-refractivity contribution in [3.63, 3.8) is 0 Å². The number of nitrogens with zero attached hydrogens (tertiary/aromatic N) is 1. The summed E-state index contributed by atoms with van der Waals surface area (Å²) in [6, 6.07) is 12.5. The van der Waals surface area contributed by atoms with Gasteiger partial charge in [-0.1, -0.05) is 31.5 Å². The van der Waals surface area contributed by atoms with E-state index >= 15 is 0 Å². The molecular weight excluding hydrogens is 236 g/mol. The summed E-state index contributed by atoms with van der Waals surface area (Å²) in [5.41, 5.74) is 7.90. The number of benzene rings is 1. The lowest BCUT2D eigenvalue weighted by molar-refractivity contribution is 0.498. The van der Waals surface area contributed by atoms with Crippen LogP contribution < -0.4 is 10.6 Å². The van der Waals surface area contributed by atoms with Crippen molar-refractivity contribution in [3.05, 3.63) is 54.0 Å². The van der Waals surface area contributed by atoms with Crippen molar-refractivity contribution in [1.82, 2.24) is 0 Å². The van der Waals surface area contributed by atoms with Gasteiger partial charge in [0.1, 0.15) is 5.76 Å². The molecule has 1 aromatic heterocycles. The van der Waals surface area contributed by atoms with Gasteiger partial charge in [-0.15, -0.1) is 0 Å². The summed E-state index contributed by atoms with van der Waals surface area (Å²) in [6.07, 6.45) is 4.12. The third-order valence-corrected chi connectivity index (χ3v) is 3.19. The van der Waals surface area contributed by atoms with Gasteiger partial charge >= 0.3 is 0 Å². The number of furan rings is 1. The largest absolute Gasteiger partial charge is 0.467 e. The van der Waals surface area contributed by atoms with Crippen LogP contribution in [0.25, 0.3) is 0 Å². The Kier molecular flexibility index (Phi) is 5.04. The molecule has 0 aliphatic heterocycles. The molecule has 0 unspecified atom stereocenters. The Morgan fingerprint density at radius 1 is 1.21 bits per heavy atom. The first-order valence-corrected chi connectivity index (χ1v) is 6.90. The Balaban J connectivity index is 2.09. The standard InChI is InChI=1S/C16H22N2O/c1-2-3-9-18(15-7-5-4-6-8-15)12-16-10-14(11-17)13-19-16/h4-8,10,13H,2-3,9,11-12,17H2,1H3. The van der Waals surface area contributed by atoms with E-state index in [1.807, 2.05) is 12.1 Å². The summed E-state index contributed by atoms with van der Waals surface area (Å²) >= 11 is 0. The molecule has 0 atom stereocenters. The van der Waals surface area contributed by atoms with Gasteiger partial charge in [0.25, 0.3) is 0 Å². The highest BCUT2D eigenvalue weighted by Gasteiger charge is 2.09. The highest BCUT2D eigenvalue weighted by molar-refractivity contribution is 5.46. The van der Waals surface area contributed by atoms with E-state index in [2.05, 4.69) is 36.1 Å². The van der Waals surface area contributed by atoms with Gasteiger partial charge in [0.15, 0.2) is 0 Å². The predicted octanol–water partition coefficient (Wildman–Crippen LogP) is 3.55. The molecule has 2 rings (SSSR count). The van der Waals surface area contributed by atoms with Crippen LogP contribution in [0.3, 0.4) is 0 Å². The smallest absolute Gasteiger partial charge is 0.123 e. The van der Waals surface area contributed by atoms with Crippen molar-refractivity contribution in [2.75, 3.05) is 11.4 Å². The van der Waals surface area contributed by atoms with E-state index < -0.39 is 0 Å². The molecule has 19 heavy (non-hydrogen) atoms. The fourth-order valence-electron chi connectivity index (χ4n) is 2.09. The van der Waals surface area contributed by atoms with Crippen LogP contribution in [0.4, 0.5) is 5.69 Å². The van der Waals surface area contributed by atoms with Gasteiger partial charge in [-0.05, 0) is 24.6 Å². The van der Waals surface area contributed by atoms with Gasteiger partial charge in [0.2, 0.25) is 0 Å². The first kappa shape index (κ1) is 13.7. The van der Waals surface area contributed by atoms with E-state index in [-0.39, 0.29) is 0 Å². The van der Waals surface area contributed by atoms with Gasteiger partial charge in [-0.2, -0.15) is 0 Å². The van der Waals surface area contributed by atoms with E-state index in [0.29, 0.717) is 6.54 Å². The summed E-state index contributed by atoms with van der Waals surface area (Å²) in [7, 11) is 0. The summed E-state index contributed by atoms with van der Waals surface area (Å²) in [5, 5.41) is 0. The van der Waals surface area contributed by atoms with Crippen molar-refractivity contribution in [2.45, 2.75) is 32.9 Å². The van der Waals surface area contributed by atoms with Crippen LogP contribution in [0, 0.1) is 0 Å². The topological polar surface area (TPSA) is 42.4 Å². The summed E-state index contributed by atoms with van der Waals surface area (Å²) in [6.45, 7) is 4.58. The fraction of sp³-hybridized carbons (Fsp3) is 0.375. The maximum Gasteiger partial charge on any atom is 0.123 e.